The largest absolute Gasteiger partial charge is 0.370 e. The maximum atomic E-state index is 4.36. The zero-order valence-electron chi connectivity index (χ0n) is 13.7. The fourth-order valence-electron chi connectivity index (χ4n) is 2.20. The molecule has 0 atom stereocenters. The van der Waals surface area contributed by atoms with Gasteiger partial charge in [0.15, 0.2) is 0 Å². The van der Waals surface area contributed by atoms with Crippen molar-refractivity contribution in [2.45, 2.75) is 13.0 Å². The van der Waals surface area contributed by atoms with Crippen molar-refractivity contribution in [3.05, 3.63) is 48.3 Å². The molecular weight excluding hydrogens is 274 g/mol. The Bertz CT molecular complexity index is 556. The van der Waals surface area contributed by atoms with E-state index < -0.39 is 0 Å². The van der Waals surface area contributed by atoms with Crippen molar-refractivity contribution in [2.75, 3.05) is 44.4 Å². The zero-order chi connectivity index (χ0) is 15.8. The Morgan fingerprint density at radius 3 is 2.55 bits per heavy atom. The third kappa shape index (κ3) is 5.33. The van der Waals surface area contributed by atoms with Gasteiger partial charge in [-0.2, -0.15) is 0 Å². The van der Waals surface area contributed by atoms with Gasteiger partial charge in [0.1, 0.15) is 18.0 Å². The number of aromatic nitrogens is 2. The van der Waals surface area contributed by atoms with Gasteiger partial charge in [0.2, 0.25) is 0 Å². The van der Waals surface area contributed by atoms with Crippen molar-refractivity contribution in [1.29, 1.82) is 0 Å². The molecule has 0 aliphatic carbocycles. The summed E-state index contributed by atoms with van der Waals surface area (Å²) in [7, 11) is 6.22. The van der Waals surface area contributed by atoms with Crippen LogP contribution in [0.4, 0.5) is 11.6 Å². The predicted molar refractivity (Wildman–Crippen MR) is 92.2 cm³/mol. The summed E-state index contributed by atoms with van der Waals surface area (Å²) in [6, 6.07) is 12.4. The Labute approximate surface area is 133 Å². The topological polar surface area (TPSA) is 44.3 Å². The number of benzene rings is 1. The van der Waals surface area contributed by atoms with E-state index in [1.807, 2.05) is 19.2 Å². The molecule has 2 rings (SSSR count). The highest BCUT2D eigenvalue weighted by atomic mass is 15.2. The molecule has 118 valence electrons. The van der Waals surface area contributed by atoms with E-state index in [9.17, 15) is 0 Å². The first-order valence-electron chi connectivity index (χ1n) is 7.61. The second kappa shape index (κ2) is 8.34. The SMILES string of the molecule is CN(C)CCCNc1cc(N(C)Cc2ccccc2)ncn1. The molecule has 1 aromatic heterocycles. The Kier molecular flexibility index (Phi) is 6.15. The minimum absolute atomic E-state index is 0.831. The summed E-state index contributed by atoms with van der Waals surface area (Å²) in [5.41, 5.74) is 1.27. The van der Waals surface area contributed by atoms with E-state index in [4.69, 9.17) is 0 Å². The molecule has 1 N–H and O–H groups in total. The van der Waals surface area contributed by atoms with Gasteiger partial charge in [-0.15, -0.1) is 0 Å². The summed E-state index contributed by atoms with van der Waals surface area (Å²) < 4.78 is 0. The third-order valence-electron chi connectivity index (χ3n) is 3.39. The summed E-state index contributed by atoms with van der Waals surface area (Å²) in [5, 5.41) is 3.35. The second-order valence-corrected chi connectivity index (χ2v) is 5.69. The lowest BCUT2D eigenvalue weighted by Gasteiger charge is -2.18. The molecule has 5 nitrogen and oxygen atoms in total. The van der Waals surface area contributed by atoms with Gasteiger partial charge in [0, 0.05) is 26.2 Å². The first-order valence-corrected chi connectivity index (χ1v) is 7.61. The van der Waals surface area contributed by atoms with Crippen LogP contribution < -0.4 is 10.2 Å². The minimum atomic E-state index is 0.831. The Hall–Kier alpha value is -2.14. The fraction of sp³-hybridized carbons (Fsp3) is 0.412. The van der Waals surface area contributed by atoms with E-state index in [2.05, 4.69) is 63.4 Å². The van der Waals surface area contributed by atoms with Crippen LogP contribution in [0.2, 0.25) is 0 Å². The maximum absolute atomic E-state index is 4.36. The van der Waals surface area contributed by atoms with E-state index >= 15 is 0 Å². The van der Waals surface area contributed by atoms with Crippen molar-refractivity contribution < 1.29 is 0 Å². The smallest absolute Gasteiger partial charge is 0.134 e. The van der Waals surface area contributed by atoms with Gasteiger partial charge in [-0.05, 0) is 32.6 Å². The molecule has 1 heterocycles. The number of hydrogen-bond acceptors (Lipinski definition) is 5. The van der Waals surface area contributed by atoms with Gasteiger partial charge in [-0.1, -0.05) is 30.3 Å². The van der Waals surface area contributed by atoms with E-state index in [0.29, 0.717) is 0 Å². The van der Waals surface area contributed by atoms with Crippen LogP contribution in [0.15, 0.2) is 42.7 Å². The van der Waals surface area contributed by atoms with E-state index in [-0.39, 0.29) is 0 Å². The minimum Gasteiger partial charge on any atom is -0.370 e. The monoisotopic (exact) mass is 299 g/mol. The molecule has 2 aromatic rings. The summed E-state index contributed by atoms with van der Waals surface area (Å²) in [4.78, 5) is 12.9. The standard InChI is InChI=1S/C17H25N5/c1-21(2)11-7-10-18-16-12-17(20-14-19-16)22(3)13-15-8-5-4-6-9-15/h4-6,8-9,12,14H,7,10-11,13H2,1-3H3,(H,18,19,20). The molecular formula is C17H25N5. The number of nitrogens with zero attached hydrogens (tertiary/aromatic N) is 4. The lowest BCUT2D eigenvalue weighted by molar-refractivity contribution is 0.405. The van der Waals surface area contributed by atoms with Crippen LogP contribution in [0, 0.1) is 0 Å². The van der Waals surface area contributed by atoms with Gasteiger partial charge in [0.05, 0.1) is 0 Å². The molecule has 0 bridgehead atoms. The number of nitrogens with one attached hydrogen (secondary N) is 1. The molecule has 22 heavy (non-hydrogen) atoms. The van der Waals surface area contributed by atoms with Crippen LogP contribution in [-0.2, 0) is 6.54 Å². The quantitative estimate of drug-likeness (QED) is 0.759. The van der Waals surface area contributed by atoms with Gasteiger partial charge >= 0.3 is 0 Å². The molecule has 0 fully saturated rings. The van der Waals surface area contributed by atoms with Gasteiger partial charge in [-0.3, -0.25) is 0 Å². The highest BCUT2D eigenvalue weighted by molar-refractivity contribution is 5.48. The van der Waals surface area contributed by atoms with Crippen LogP contribution in [0.25, 0.3) is 0 Å². The van der Waals surface area contributed by atoms with Crippen molar-refractivity contribution in [3.8, 4) is 0 Å². The molecule has 0 amide bonds. The fourth-order valence-corrected chi connectivity index (χ4v) is 2.20. The second-order valence-electron chi connectivity index (χ2n) is 5.69. The molecule has 5 heteroatoms. The maximum Gasteiger partial charge on any atom is 0.134 e. The molecule has 1 aromatic carbocycles. The van der Waals surface area contributed by atoms with E-state index in [1.54, 1.807) is 6.33 Å². The summed E-state index contributed by atoms with van der Waals surface area (Å²) in [6.45, 7) is 2.81. The normalized spacial score (nSPS) is 10.7. The van der Waals surface area contributed by atoms with E-state index in [1.165, 1.54) is 5.56 Å². The van der Waals surface area contributed by atoms with E-state index in [0.717, 1.165) is 37.7 Å². The molecule has 0 aliphatic heterocycles. The number of anilines is 2. The Balaban J connectivity index is 1.90. The first-order chi connectivity index (χ1) is 10.6. The molecule has 0 spiro atoms. The lowest BCUT2D eigenvalue weighted by Crippen LogP contribution is -2.19. The van der Waals surface area contributed by atoms with Crippen LogP contribution in [0.5, 0.6) is 0 Å². The van der Waals surface area contributed by atoms with Gasteiger partial charge in [0.25, 0.3) is 0 Å². The zero-order valence-corrected chi connectivity index (χ0v) is 13.7. The highest BCUT2D eigenvalue weighted by Gasteiger charge is 2.05. The third-order valence-corrected chi connectivity index (χ3v) is 3.39. The van der Waals surface area contributed by atoms with Crippen LogP contribution in [-0.4, -0.2) is 49.1 Å². The van der Waals surface area contributed by atoms with Gasteiger partial charge < -0.3 is 15.1 Å². The molecule has 0 radical (unpaired) electrons. The van der Waals surface area contributed by atoms with Crippen molar-refractivity contribution >= 4 is 11.6 Å². The predicted octanol–water partition coefficient (Wildman–Crippen LogP) is 2.48. The van der Waals surface area contributed by atoms with Crippen molar-refractivity contribution in [2.24, 2.45) is 0 Å². The van der Waals surface area contributed by atoms with Crippen LogP contribution >= 0.6 is 0 Å². The van der Waals surface area contributed by atoms with Crippen LogP contribution in [0.1, 0.15) is 12.0 Å². The number of rotatable bonds is 8. The number of hydrogen-bond donors (Lipinski definition) is 1. The highest BCUT2D eigenvalue weighted by Crippen LogP contribution is 2.15. The lowest BCUT2D eigenvalue weighted by atomic mass is 10.2. The van der Waals surface area contributed by atoms with Gasteiger partial charge in [-0.25, -0.2) is 9.97 Å². The Morgan fingerprint density at radius 1 is 1.05 bits per heavy atom. The molecule has 0 aliphatic rings. The average Bonchev–Trinajstić information content (AvgIpc) is 2.53. The summed E-state index contributed by atoms with van der Waals surface area (Å²) >= 11 is 0. The summed E-state index contributed by atoms with van der Waals surface area (Å²) in [5.74, 6) is 1.80. The van der Waals surface area contributed by atoms with Crippen LogP contribution in [0.3, 0.4) is 0 Å². The average molecular weight is 299 g/mol. The van der Waals surface area contributed by atoms with Crippen molar-refractivity contribution in [3.63, 3.8) is 0 Å². The molecule has 0 saturated carbocycles. The summed E-state index contributed by atoms with van der Waals surface area (Å²) in [6.07, 6.45) is 2.71. The molecule has 0 unspecified atom stereocenters. The Morgan fingerprint density at radius 2 is 1.82 bits per heavy atom. The first kappa shape index (κ1) is 16.2. The molecule has 0 saturated heterocycles. The van der Waals surface area contributed by atoms with Crippen molar-refractivity contribution in [1.82, 2.24) is 14.9 Å².